The van der Waals surface area contributed by atoms with Gasteiger partial charge in [-0.1, -0.05) is 174 Å². The van der Waals surface area contributed by atoms with E-state index in [2.05, 4.69) is 13.8 Å². The Labute approximate surface area is 366 Å². The first kappa shape index (κ1) is 57.3. The van der Waals surface area contributed by atoms with Crippen molar-refractivity contribution in [3.63, 3.8) is 0 Å². The number of Topliss-reactive ketones (excluding diaryl/α,β-unsaturated/α-hetero) is 1. The molecule has 1 heterocycles. The van der Waals surface area contributed by atoms with Crippen molar-refractivity contribution in [1.82, 2.24) is 0 Å². The first-order chi connectivity index (χ1) is 28.7. The van der Waals surface area contributed by atoms with Crippen molar-refractivity contribution in [2.75, 3.05) is 47.5 Å². The van der Waals surface area contributed by atoms with Crippen LogP contribution in [0.5, 0.6) is 0 Å². The third-order valence-corrected chi connectivity index (χ3v) is 12.6. The number of unbranched alkanes of at least 4 members (excludes halogenated alkanes) is 24. The number of aliphatic hydroxyl groups excluding tert-OH is 4. The molecule has 0 amide bonds. The number of likely N-dealkylation sites (N-methyl/N-ethyl adjacent to an activating group) is 1. The lowest BCUT2D eigenvalue weighted by Gasteiger charge is -2.40. The molecule has 1 unspecified atom stereocenters. The maximum Gasteiger partial charge on any atom is 0.472 e. The van der Waals surface area contributed by atoms with Gasteiger partial charge >= 0.3 is 7.82 Å². The maximum atomic E-state index is 13.2. The lowest BCUT2D eigenvalue weighted by atomic mass is 9.93. The summed E-state index contributed by atoms with van der Waals surface area (Å²) in [4.78, 5) is 23.4. The molecule has 356 valence electrons. The van der Waals surface area contributed by atoms with Gasteiger partial charge in [0.25, 0.3) is 0 Å². The van der Waals surface area contributed by atoms with Crippen LogP contribution in [0.3, 0.4) is 0 Å². The number of hydrogen-bond acceptors (Lipinski definition) is 10. The van der Waals surface area contributed by atoms with Crippen LogP contribution in [0.15, 0.2) is 12.2 Å². The number of phosphoric acid groups is 1. The number of phosphoric ester groups is 1. The number of carbonyl (C=O) groups excluding carboxylic acids is 1. The van der Waals surface area contributed by atoms with Crippen molar-refractivity contribution in [2.45, 2.75) is 230 Å². The maximum absolute atomic E-state index is 13.2. The highest BCUT2D eigenvalue weighted by atomic mass is 31.2. The number of quaternary nitrogens is 1. The minimum atomic E-state index is -4.51. The number of ketones is 1. The second kappa shape index (κ2) is 35.6. The zero-order valence-electron chi connectivity index (χ0n) is 38.9. The molecule has 1 aliphatic heterocycles. The summed E-state index contributed by atoms with van der Waals surface area (Å²) in [7, 11) is 1.21. The van der Waals surface area contributed by atoms with Crippen molar-refractivity contribution in [3.05, 3.63) is 12.2 Å². The average molecular weight is 879 g/mol. The molecule has 0 aromatic rings. The molecule has 60 heavy (non-hydrogen) atoms. The summed E-state index contributed by atoms with van der Waals surface area (Å²) in [6.45, 7) is 4.11. The number of carbonyl (C=O) groups is 1. The summed E-state index contributed by atoms with van der Waals surface area (Å²) in [5.74, 6) is -0.615. The first-order valence-electron chi connectivity index (χ1n) is 24.3. The van der Waals surface area contributed by atoms with Gasteiger partial charge in [0.15, 0.2) is 6.29 Å². The van der Waals surface area contributed by atoms with E-state index in [9.17, 15) is 34.7 Å². The van der Waals surface area contributed by atoms with E-state index in [0.29, 0.717) is 17.4 Å². The van der Waals surface area contributed by atoms with Gasteiger partial charge in [0, 0.05) is 18.8 Å². The number of hydrogen-bond donors (Lipinski definition) is 5. The molecule has 0 bridgehead atoms. The van der Waals surface area contributed by atoms with Crippen LogP contribution < -0.4 is 0 Å². The Morgan fingerprint density at radius 1 is 0.683 bits per heavy atom. The number of allylic oxidation sites excluding steroid dienone is 1. The quantitative estimate of drug-likeness (QED) is 0.0171. The largest absolute Gasteiger partial charge is 0.472 e. The van der Waals surface area contributed by atoms with Gasteiger partial charge in [-0.3, -0.25) is 13.8 Å². The van der Waals surface area contributed by atoms with Crippen molar-refractivity contribution in [1.29, 1.82) is 0 Å². The van der Waals surface area contributed by atoms with E-state index in [1.165, 1.54) is 128 Å². The number of nitrogens with zero attached hydrogens (tertiary/aromatic N) is 1. The molecule has 0 spiro atoms. The van der Waals surface area contributed by atoms with E-state index < -0.39 is 57.2 Å². The van der Waals surface area contributed by atoms with Gasteiger partial charge in [0.2, 0.25) is 0 Å². The third-order valence-electron chi connectivity index (χ3n) is 11.7. The Balaban J connectivity index is 2.66. The van der Waals surface area contributed by atoms with Crippen molar-refractivity contribution < 1.29 is 57.7 Å². The Kier molecular flexibility index (Phi) is 33.9. The summed E-state index contributed by atoms with van der Waals surface area (Å²) in [6, 6.07) is 0. The van der Waals surface area contributed by atoms with Gasteiger partial charge in [-0.15, -0.1) is 0 Å². The van der Waals surface area contributed by atoms with E-state index in [1.807, 2.05) is 27.2 Å². The summed E-state index contributed by atoms with van der Waals surface area (Å²) in [5, 5.41) is 43.2. The van der Waals surface area contributed by atoms with Gasteiger partial charge in [0.05, 0.1) is 40.5 Å². The van der Waals surface area contributed by atoms with Crippen LogP contribution in [0, 0.1) is 5.92 Å². The second-order valence-electron chi connectivity index (χ2n) is 18.6. The Hall–Kier alpha value is -0.760. The molecular weight excluding hydrogens is 785 g/mol. The van der Waals surface area contributed by atoms with Gasteiger partial charge in [0.1, 0.15) is 43.4 Å². The van der Waals surface area contributed by atoms with Gasteiger partial charge in [-0.25, -0.2) is 4.57 Å². The summed E-state index contributed by atoms with van der Waals surface area (Å²) >= 11 is 0. The normalized spacial score (nSPS) is 22.0. The topological polar surface area (TPSA) is 172 Å². The van der Waals surface area contributed by atoms with Gasteiger partial charge < -0.3 is 39.3 Å². The fourth-order valence-electron chi connectivity index (χ4n) is 7.55. The highest BCUT2D eigenvalue weighted by Crippen LogP contribution is 2.43. The Morgan fingerprint density at radius 3 is 1.63 bits per heavy atom. The van der Waals surface area contributed by atoms with E-state index >= 15 is 0 Å². The molecule has 0 aromatic heterocycles. The van der Waals surface area contributed by atoms with Crippen LogP contribution >= 0.6 is 7.82 Å². The predicted octanol–water partition coefficient (Wildman–Crippen LogP) is 9.72. The predicted molar refractivity (Wildman–Crippen MR) is 242 cm³/mol. The molecular formula is C47H93NO11P+. The van der Waals surface area contributed by atoms with E-state index in [0.717, 1.165) is 38.5 Å². The SMILES string of the molecule is CCCCCCCCCCCCC/C=C/[C@@H](O)[C@H](CO[C@@H]1O[C@H](COP(=O)(O)OCC[N+](C)(C)C)[C@H](O)[C@H](O)[C@H]1O)CC(=O)CCCCCCCCCCCCCCCC. The van der Waals surface area contributed by atoms with Crippen LogP contribution in [0.1, 0.15) is 194 Å². The van der Waals surface area contributed by atoms with Crippen LogP contribution in [0.4, 0.5) is 0 Å². The number of aliphatic hydroxyl groups is 4. The lowest BCUT2D eigenvalue weighted by molar-refractivity contribution is -0.870. The zero-order chi connectivity index (χ0) is 44.5. The van der Waals surface area contributed by atoms with Crippen LogP contribution in [0.25, 0.3) is 0 Å². The van der Waals surface area contributed by atoms with E-state index in [-0.39, 0.29) is 25.4 Å². The molecule has 0 saturated carbocycles. The summed E-state index contributed by atoms with van der Waals surface area (Å²) in [5.41, 5.74) is 0. The molecule has 1 rings (SSSR count). The summed E-state index contributed by atoms with van der Waals surface area (Å²) in [6.07, 6.45) is 27.3. The molecule has 5 N–H and O–H groups in total. The summed E-state index contributed by atoms with van der Waals surface area (Å²) < 4.78 is 34.7. The Morgan fingerprint density at radius 2 is 1.15 bits per heavy atom. The first-order valence-corrected chi connectivity index (χ1v) is 25.8. The fourth-order valence-corrected chi connectivity index (χ4v) is 8.28. The highest BCUT2D eigenvalue weighted by molar-refractivity contribution is 7.47. The van der Waals surface area contributed by atoms with Crippen LogP contribution in [-0.4, -0.2) is 120 Å². The molecule has 0 radical (unpaired) electrons. The van der Waals surface area contributed by atoms with E-state index in [1.54, 1.807) is 6.08 Å². The lowest BCUT2D eigenvalue weighted by Crippen LogP contribution is -2.59. The van der Waals surface area contributed by atoms with Crippen molar-refractivity contribution in [2.24, 2.45) is 5.92 Å². The smallest absolute Gasteiger partial charge is 0.389 e. The standard InChI is InChI=1S/C47H92NO11P/c1-6-8-10-12-14-16-18-20-22-23-25-27-29-31-33-41(49)37-40(42(50)34-32-30-28-26-24-21-19-17-15-13-11-9-7-2)38-56-47-46(53)45(52)44(51)43(59-47)39-58-60(54,55)57-36-35-48(3,4)5/h32,34,40,42-47,50-53H,6-31,33,35-39H2,1-5H3/p+1/b34-32+/t40-,42+,43+,44-,45-,46+,47+/m0/s1. The fraction of sp³-hybridized carbons (Fsp3) is 0.936. The molecule has 1 saturated heterocycles. The number of ether oxygens (including phenoxy) is 2. The third kappa shape index (κ3) is 30.3. The molecule has 0 aliphatic carbocycles. The molecule has 8 atom stereocenters. The van der Waals surface area contributed by atoms with Crippen LogP contribution in [0.2, 0.25) is 0 Å². The Bertz CT molecular complexity index is 1110. The molecule has 1 fully saturated rings. The molecule has 1 aliphatic rings. The molecule has 0 aromatic carbocycles. The minimum absolute atomic E-state index is 0.0242. The van der Waals surface area contributed by atoms with Gasteiger partial charge in [-0.2, -0.15) is 0 Å². The van der Waals surface area contributed by atoms with Crippen molar-refractivity contribution >= 4 is 13.6 Å². The monoisotopic (exact) mass is 879 g/mol. The van der Waals surface area contributed by atoms with Gasteiger partial charge in [-0.05, 0) is 19.3 Å². The second-order valence-corrected chi connectivity index (χ2v) is 20.0. The molecule has 12 nitrogen and oxygen atoms in total. The zero-order valence-corrected chi connectivity index (χ0v) is 39.8. The van der Waals surface area contributed by atoms with Crippen molar-refractivity contribution in [3.8, 4) is 0 Å². The highest BCUT2D eigenvalue weighted by Gasteiger charge is 2.45. The number of rotatable bonds is 41. The minimum Gasteiger partial charge on any atom is -0.389 e. The van der Waals surface area contributed by atoms with E-state index in [4.69, 9.17) is 18.5 Å². The average Bonchev–Trinajstić information content (AvgIpc) is 3.20. The van der Waals surface area contributed by atoms with Crippen LogP contribution in [-0.2, 0) is 27.9 Å². The molecule has 13 heteroatoms.